The van der Waals surface area contributed by atoms with Gasteiger partial charge in [-0.3, -0.25) is 9.59 Å². The molecular weight excluding hydrogens is 264 g/mol. The van der Waals surface area contributed by atoms with E-state index in [2.05, 4.69) is 0 Å². The van der Waals surface area contributed by atoms with Crippen LogP contribution in [-0.2, 0) is 26.7 Å². The van der Waals surface area contributed by atoms with E-state index in [9.17, 15) is 18.0 Å². The van der Waals surface area contributed by atoms with Crippen LogP contribution in [0.4, 0.5) is 0 Å². The third kappa shape index (κ3) is 3.31. The van der Waals surface area contributed by atoms with Gasteiger partial charge in [0.2, 0.25) is 10.0 Å². The van der Waals surface area contributed by atoms with Gasteiger partial charge >= 0.3 is 11.9 Å². The molecule has 0 saturated heterocycles. The minimum absolute atomic E-state index is 0.146. The predicted octanol–water partition coefficient (Wildman–Crippen LogP) is -0.815. The molecule has 2 N–H and O–H groups in total. The molecule has 0 atom stereocenters. The molecule has 0 spiro atoms. The van der Waals surface area contributed by atoms with Crippen LogP contribution in [0.2, 0.25) is 0 Å². The van der Waals surface area contributed by atoms with E-state index in [1.165, 1.54) is 23.0 Å². The van der Waals surface area contributed by atoms with E-state index in [1.54, 1.807) is 7.05 Å². The van der Waals surface area contributed by atoms with Crippen LogP contribution in [0.1, 0.15) is 0 Å². The monoisotopic (exact) mass is 276 g/mol. The maximum atomic E-state index is 12.0. The first-order valence-electron chi connectivity index (χ1n) is 4.79. The van der Waals surface area contributed by atoms with Crippen molar-refractivity contribution in [2.24, 2.45) is 7.05 Å². The Morgan fingerprint density at radius 2 is 1.78 bits per heavy atom. The molecule has 1 aromatic rings. The van der Waals surface area contributed by atoms with Crippen molar-refractivity contribution in [2.75, 3.05) is 13.1 Å². The Morgan fingerprint density at radius 3 is 2.11 bits per heavy atom. The molecule has 0 saturated carbocycles. The van der Waals surface area contributed by atoms with Gasteiger partial charge < -0.3 is 14.8 Å². The average molecular weight is 276 g/mol. The molecule has 0 unspecified atom stereocenters. The van der Waals surface area contributed by atoms with Gasteiger partial charge in [-0.2, -0.15) is 4.31 Å². The average Bonchev–Trinajstić information content (AvgIpc) is 2.63. The zero-order chi connectivity index (χ0) is 13.9. The molecule has 1 heterocycles. The molecule has 0 bridgehead atoms. The van der Waals surface area contributed by atoms with E-state index in [4.69, 9.17) is 10.2 Å². The highest BCUT2D eigenvalue weighted by atomic mass is 32.2. The zero-order valence-electron chi connectivity index (χ0n) is 9.48. The lowest BCUT2D eigenvalue weighted by atomic mass is 10.6. The second-order valence-electron chi connectivity index (χ2n) is 3.57. The fourth-order valence-corrected chi connectivity index (χ4v) is 2.70. The molecular formula is C9H12N2O6S. The van der Waals surface area contributed by atoms with Crippen molar-refractivity contribution in [3.05, 3.63) is 18.5 Å². The molecule has 0 aromatic carbocycles. The quantitative estimate of drug-likeness (QED) is 0.701. The molecule has 1 rings (SSSR count). The third-order valence-electron chi connectivity index (χ3n) is 2.07. The summed E-state index contributed by atoms with van der Waals surface area (Å²) in [7, 11) is -2.52. The summed E-state index contributed by atoms with van der Waals surface area (Å²) in [5.41, 5.74) is 0. The van der Waals surface area contributed by atoms with E-state index < -0.39 is 35.1 Å². The van der Waals surface area contributed by atoms with Gasteiger partial charge in [0.1, 0.15) is 13.1 Å². The standard InChI is InChI=1S/C9H12N2O6S/c1-10-3-2-7(4-10)18(16,17)11(5-8(12)13)6-9(14)15/h2-4H,5-6H2,1H3,(H,12,13)(H,14,15). The second-order valence-corrected chi connectivity index (χ2v) is 5.51. The molecule has 0 radical (unpaired) electrons. The summed E-state index contributed by atoms with van der Waals surface area (Å²) < 4.78 is 25.9. The Kier molecular flexibility index (Phi) is 4.09. The predicted molar refractivity (Wildman–Crippen MR) is 59.4 cm³/mol. The molecule has 8 nitrogen and oxygen atoms in total. The van der Waals surface area contributed by atoms with Crippen LogP contribution >= 0.6 is 0 Å². The number of aromatic nitrogens is 1. The maximum Gasteiger partial charge on any atom is 0.318 e. The van der Waals surface area contributed by atoms with Crippen molar-refractivity contribution >= 4 is 22.0 Å². The number of hydrogen-bond acceptors (Lipinski definition) is 4. The fraction of sp³-hybridized carbons (Fsp3) is 0.333. The molecule has 0 aliphatic rings. The van der Waals surface area contributed by atoms with Crippen LogP contribution in [0.15, 0.2) is 23.4 Å². The first-order valence-corrected chi connectivity index (χ1v) is 6.23. The van der Waals surface area contributed by atoms with Crippen LogP contribution in [0, 0.1) is 0 Å². The van der Waals surface area contributed by atoms with Crippen LogP contribution in [-0.4, -0.2) is 52.5 Å². The zero-order valence-corrected chi connectivity index (χ0v) is 10.3. The van der Waals surface area contributed by atoms with Gasteiger partial charge in [-0.1, -0.05) is 0 Å². The number of hydrogen-bond donors (Lipinski definition) is 2. The van der Waals surface area contributed by atoms with E-state index in [0.29, 0.717) is 4.31 Å². The van der Waals surface area contributed by atoms with Gasteiger partial charge in [-0.05, 0) is 6.07 Å². The molecule has 0 aliphatic carbocycles. The Morgan fingerprint density at radius 1 is 1.28 bits per heavy atom. The van der Waals surface area contributed by atoms with Crippen molar-refractivity contribution in [3.63, 3.8) is 0 Å². The smallest absolute Gasteiger partial charge is 0.318 e. The minimum atomic E-state index is -4.12. The van der Waals surface area contributed by atoms with Crippen molar-refractivity contribution in [2.45, 2.75) is 4.90 Å². The highest BCUT2D eigenvalue weighted by molar-refractivity contribution is 7.89. The summed E-state index contributed by atoms with van der Waals surface area (Å²) in [6.07, 6.45) is 2.73. The molecule has 100 valence electrons. The number of aliphatic carboxylic acids is 2. The molecule has 0 amide bonds. The number of aryl methyl sites for hydroxylation is 1. The minimum Gasteiger partial charge on any atom is -0.480 e. The fourth-order valence-electron chi connectivity index (χ4n) is 1.31. The number of carboxylic acids is 2. The summed E-state index contributed by atoms with van der Waals surface area (Å²) in [4.78, 5) is 21.0. The highest BCUT2D eigenvalue weighted by Crippen LogP contribution is 2.15. The Labute approximate surface area is 103 Å². The number of carboxylic acid groups (broad SMARTS) is 2. The van der Waals surface area contributed by atoms with Crippen LogP contribution in [0.5, 0.6) is 0 Å². The molecule has 0 aliphatic heterocycles. The Hall–Kier alpha value is -1.87. The van der Waals surface area contributed by atoms with Crippen LogP contribution in [0.3, 0.4) is 0 Å². The molecule has 18 heavy (non-hydrogen) atoms. The highest BCUT2D eigenvalue weighted by Gasteiger charge is 2.29. The maximum absolute atomic E-state index is 12.0. The number of carbonyl (C=O) groups is 2. The van der Waals surface area contributed by atoms with Gasteiger partial charge in [0.05, 0.1) is 4.90 Å². The topological polar surface area (TPSA) is 117 Å². The second kappa shape index (κ2) is 5.19. The number of sulfonamides is 1. The van der Waals surface area contributed by atoms with Gasteiger partial charge in [-0.15, -0.1) is 0 Å². The van der Waals surface area contributed by atoms with E-state index in [1.807, 2.05) is 0 Å². The summed E-state index contributed by atoms with van der Waals surface area (Å²) >= 11 is 0. The Bertz CT molecular complexity index is 545. The normalized spacial score (nSPS) is 11.7. The van der Waals surface area contributed by atoms with Gasteiger partial charge in [0, 0.05) is 19.4 Å². The Balaban J connectivity index is 3.10. The lowest BCUT2D eigenvalue weighted by Crippen LogP contribution is -2.39. The van der Waals surface area contributed by atoms with E-state index >= 15 is 0 Å². The van der Waals surface area contributed by atoms with Crippen molar-refractivity contribution in [1.29, 1.82) is 0 Å². The lowest BCUT2D eigenvalue weighted by Gasteiger charge is -2.17. The molecule has 1 aromatic heterocycles. The first kappa shape index (κ1) is 14.2. The van der Waals surface area contributed by atoms with Crippen molar-refractivity contribution < 1.29 is 28.2 Å². The van der Waals surface area contributed by atoms with Gasteiger partial charge in [0.15, 0.2) is 0 Å². The molecule has 9 heteroatoms. The first-order chi connectivity index (χ1) is 8.23. The van der Waals surface area contributed by atoms with Crippen molar-refractivity contribution in [1.82, 2.24) is 8.87 Å². The summed E-state index contributed by atoms with van der Waals surface area (Å²) in [6.45, 7) is -1.80. The lowest BCUT2D eigenvalue weighted by molar-refractivity contribution is -0.139. The van der Waals surface area contributed by atoms with E-state index in [-0.39, 0.29) is 4.90 Å². The van der Waals surface area contributed by atoms with Crippen molar-refractivity contribution in [3.8, 4) is 0 Å². The molecule has 0 fully saturated rings. The summed E-state index contributed by atoms with van der Waals surface area (Å²) in [5.74, 6) is -2.84. The van der Waals surface area contributed by atoms with E-state index in [0.717, 1.165) is 0 Å². The number of nitrogens with zero attached hydrogens (tertiary/aromatic N) is 2. The number of rotatable bonds is 6. The third-order valence-corrected chi connectivity index (χ3v) is 3.84. The summed E-state index contributed by atoms with van der Waals surface area (Å²) in [6, 6.07) is 1.27. The van der Waals surface area contributed by atoms with Gasteiger partial charge in [0.25, 0.3) is 0 Å². The van der Waals surface area contributed by atoms with Gasteiger partial charge in [-0.25, -0.2) is 8.42 Å². The summed E-state index contributed by atoms with van der Waals surface area (Å²) in [5, 5.41) is 17.2. The van der Waals surface area contributed by atoms with Crippen LogP contribution in [0.25, 0.3) is 0 Å². The van der Waals surface area contributed by atoms with Crippen LogP contribution < -0.4 is 0 Å². The SMILES string of the molecule is Cn1ccc(S(=O)(=O)N(CC(=O)O)CC(=O)O)c1. The largest absolute Gasteiger partial charge is 0.480 e.